The summed E-state index contributed by atoms with van der Waals surface area (Å²) in [5.41, 5.74) is 2.22. The minimum atomic E-state index is -0.0236. The van der Waals surface area contributed by atoms with Gasteiger partial charge < -0.3 is 10.1 Å². The first kappa shape index (κ1) is 17.7. The molecule has 23 heavy (non-hydrogen) atoms. The maximum Gasteiger partial charge on any atom is 0.230 e. The SMILES string of the molecule is COc1ccc(C(C)NC(=O)CSCc2ccc(Cl)cc2)cc1. The molecule has 3 nitrogen and oxygen atoms in total. The first-order valence-corrected chi connectivity index (χ1v) is 8.87. The molecule has 0 aliphatic carbocycles. The third-order valence-corrected chi connectivity index (χ3v) is 4.66. The molecule has 0 fully saturated rings. The number of nitrogens with one attached hydrogen (secondary N) is 1. The van der Waals surface area contributed by atoms with Gasteiger partial charge in [0.25, 0.3) is 0 Å². The van der Waals surface area contributed by atoms with E-state index < -0.39 is 0 Å². The van der Waals surface area contributed by atoms with Gasteiger partial charge in [0, 0.05) is 10.8 Å². The van der Waals surface area contributed by atoms with Crippen molar-refractivity contribution in [1.82, 2.24) is 5.32 Å². The lowest BCUT2D eigenvalue weighted by Crippen LogP contribution is -2.28. The highest BCUT2D eigenvalue weighted by molar-refractivity contribution is 7.99. The van der Waals surface area contributed by atoms with Gasteiger partial charge in [0.15, 0.2) is 0 Å². The Bertz CT molecular complexity index is 628. The number of amides is 1. The van der Waals surface area contributed by atoms with Crippen molar-refractivity contribution in [2.45, 2.75) is 18.7 Å². The zero-order valence-electron chi connectivity index (χ0n) is 13.2. The molecule has 122 valence electrons. The van der Waals surface area contributed by atoms with E-state index in [-0.39, 0.29) is 11.9 Å². The monoisotopic (exact) mass is 349 g/mol. The molecule has 0 spiro atoms. The van der Waals surface area contributed by atoms with Gasteiger partial charge in [-0.1, -0.05) is 35.9 Å². The molecular weight excluding hydrogens is 330 g/mol. The summed E-state index contributed by atoms with van der Waals surface area (Å²) in [5.74, 6) is 2.07. The van der Waals surface area contributed by atoms with E-state index in [4.69, 9.17) is 16.3 Å². The van der Waals surface area contributed by atoms with Crippen LogP contribution in [0.3, 0.4) is 0 Å². The lowest BCUT2D eigenvalue weighted by molar-refractivity contribution is -0.119. The second-order valence-corrected chi connectivity index (χ2v) is 6.60. The van der Waals surface area contributed by atoms with Crippen LogP contribution >= 0.6 is 23.4 Å². The molecular formula is C18H20ClNO2S. The van der Waals surface area contributed by atoms with Crippen LogP contribution in [0.25, 0.3) is 0 Å². The number of hydrogen-bond acceptors (Lipinski definition) is 3. The van der Waals surface area contributed by atoms with Crippen molar-refractivity contribution in [3.8, 4) is 5.75 Å². The summed E-state index contributed by atoms with van der Waals surface area (Å²) in [6, 6.07) is 15.4. The number of methoxy groups -OCH3 is 1. The topological polar surface area (TPSA) is 38.3 Å². The first-order chi connectivity index (χ1) is 11.1. The quantitative estimate of drug-likeness (QED) is 0.802. The van der Waals surface area contributed by atoms with Crippen molar-refractivity contribution >= 4 is 29.3 Å². The van der Waals surface area contributed by atoms with Crippen molar-refractivity contribution in [3.63, 3.8) is 0 Å². The number of thioether (sulfide) groups is 1. The number of benzene rings is 2. The third kappa shape index (κ3) is 5.81. The molecule has 1 N–H and O–H groups in total. The molecule has 2 aromatic rings. The molecule has 5 heteroatoms. The lowest BCUT2D eigenvalue weighted by atomic mass is 10.1. The number of ether oxygens (including phenoxy) is 1. The normalized spacial score (nSPS) is 11.8. The van der Waals surface area contributed by atoms with E-state index in [1.807, 2.05) is 55.5 Å². The second kappa shape index (κ2) is 8.85. The van der Waals surface area contributed by atoms with Crippen LogP contribution in [0.15, 0.2) is 48.5 Å². The van der Waals surface area contributed by atoms with Crippen LogP contribution in [-0.4, -0.2) is 18.8 Å². The van der Waals surface area contributed by atoms with Crippen LogP contribution in [0.5, 0.6) is 5.75 Å². The van der Waals surface area contributed by atoms with Gasteiger partial charge in [0.05, 0.1) is 18.9 Å². The summed E-state index contributed by atoms with van der Waals surface area (Å²) in [6.45, 7) is 1.98. The Kier molecular flexibility index (Phi) is 6.81. The van der Waals surface area contributed by atoms with Crippen molar-refractivity contribution in [1.29, 1.82) is 0 Å². The minimum Gasteiger partial charge on any atom is -0.497 e. The van der Waals surface area contributed by atoms with E-state index in [1.165, 1.54) is 0 Å². The lowest BCUT2D eigenvalue weighted by Gasteiger charge is -2.14. The van der Waals surface area contributed by atoms with Crippen molar-refractivity contribution < 1.29 is 9.53 Å². The Hall–Kier alpha value is -1.65. The first-order valence-electron chi connectivity index (χ1n) is 7.34. The van der Waals surface area contributed by atoms with Crippen LogP contribution in [0.1, 0.15) is 24.1 Å². The highest BCUT2D eigenvalue weighted by atomic mass is 35.5. The van der Waals surface area contributed by atoms with Crippen LogP contribution in [-0.2, 0) is 10.5 Å². The van der Waals surface area contributed by atoms with E-state index in [9.17, 15) is 4.79 Å². The molecule has 0 aliphatic rings. The molecule has 0 saturated carbocycles. The molecule has 0 heterocycles. The molecule has 2 rings (SSSR count). The van der Waals surface area contributed by atoms with E-state index in [1.54, 1.807) is 18.9 Å². The molecule has 0 aliphatic heterocycles. The number of rotatable bonds is 7. The maximum absolute atomic E-state index is 12.0. The molecule has 0 aromatic heterocycles. The van der Waals surface area contributed by atoms with Gasteiger partial charge in [0.1, 0.15) is 5.75 Å². The summed E-state index contributed by atoms with van der Waals surface area (Å²) >= 11 is 7.44. The van der Waals surface area contributed by atoms with E-state index >= 15 is 0 Å². The predicted molar refractivity (Wildman–Crippen MR) is 97.2 cm³/mol. The maximum atomic E-state index is 12.0. The van der Waals surface area contributed by atoms with Gasteiger partial charge in [-0.25, -0.2) is 0 Å². The molecule has 0 bridgehead atoms. The number of carbonyl (C=O) groups is 1. The third-order valence-electron chi connectivity index (χ3n) is 3.41. The molecule has 1 amide bonds. The zero-order chi connectivity index (χ0) is 16.7. The minimum absolute atomic E-state index is 0.0236. The molecule has 1 atom stereocenters. The smallest absolute Gasteiger partial charge is 0.230 e. The standard InChI is InChI=1S/C18H20ClNO2S/c1-13(15-5-9-17(22-2)10-6-15)20-18(21)12-23-11-14-3-7-16(19)8-4-14/h3-10,13H,11-12H2,1-2H3,(H,20,21). The Morgan fingerprint density at radius 3 is 2.43 bits per heavy atom. The Labute approximate surface area is 146 Å². The molecule has 2 aromatic carbocycles. The molecule has 0 saturated heterocycles. The Balaban J connectivity index is 1.76. The summed E-state index contributed by atoms with van der Waals surface area (Å²) in [5, 5.41) is 3.73. The van der Waals surface area contributed by atoms with Gasteiger partial charge in [0.2, 0.25) is 5.91 Å². The van der Waals surface area contributed by atoms with Gasteiger partial charge in [-0.3, -0.25) is 4.79 Å². The van der Waals surface area contributed by atoms with Gasteiger partial charge in [-0.2, -0.15) is 0 Å². The summed E-state index contributed by atoms with van der Waals surface area (Å²) < 4.78 is 5.13. The molecule has 1 unspecified atom stereocenters. The van der Waals surface area contributed by atoms with Crippen molar-refractivity contribution in [2.75, 3.05) is 12.9 Å². The zero-order valence-corrected chi connectivity index (χ0v) is 14.8. The average Bonchev–Trinajstić information content (AvgIpc) is 2.56. The van der Waals surface area contributed by atoms with Gasteiger partial charge in [-0.05, 0) is 42.3 Å². The van der Waals surface area contributed by atoms with Crippen LogP contribution in [0.2, 0.25) is 5.02 Å². The largest absolute Gasteiger partial charge is 0.497 e. The highest BCUT2D eigenvalue weighted by Crippen LogP contribution is 2.18. The van der Waals surface area contributed by atoms with Crippen molar-refractivity contribution in [2.24, 2.45) is 0 Å². The summed E-state index contributed by atoms with van der Waals surface area (Å²) in [4.78, 5) is 12.0. The Morgan fingerprint density at radius 2 is 1.83 bits per heavy atom. The van der Waals surface area contributed by atoms with Crippen molar-refractivity contribution in [3.05, 3.63) is 64.7 Å². The number of hydrogen-bond donors (Lipinski definition) is 1. The fourth-order valence-electron chi connectivity index (χ4n) is 2.10. The summed E-state index contributed by atoms with van der Waals surface area (Å²) in [6.07, 6.45) is 0. The highest BCUT2D eigenvalue weighted by Gasteiger charge is 2.09. The number of carbonyl (C=O) groups excluding carboxylic acids is 1. The van der Waals surface area contributed by atoms with Gasteiger partial charge in [-0.15, -0.1) is 11.8 Å². The van der Waals surface area contributed by atoms with Crippen LogP contribution < -0.4 is 10.1 Å². The molecule has 0 radical (unpaired) electrons. The van der Waals surface area contributed by atoms with Gasteiger partial charge >= 0.3 is 0 Å². The average molecular weight is 350 g/mol. The van der Waals surface area contributed by atoms with E-state index in [0.29, 0.717) is 5.75 Å². The second-order valence-electron chi connectivity index (χ2n) is 5.18. The fourth-order valence-corrected chi connectivity index (χ4v) is 3.03. The van der Waals surface area contributed by atoms with E-state index in [0.717, 1.165) is 27.7 Å². The Morgan fingerprint density at radius 1 is 1.17 bits per heavy atom. The van der Waals surface area contributed by atoms with Crippen LogP contribution in [0.4, 0.5) is 0 Å². The van der Waals surface area contributed by atoms with E-state index in [2.05, 4.69) is 5.32 Å². The predicted octanol–water partition coefficient (Wildman–Crippen LogP) is 4.46. The fraction of sp³-hybridized carbons (Fsp3) is 0.278. The summed E-state index contributed by atoms with van der Waals surface area (Å²) in [7, 11) is 1.64. The van der Waals surface area contributed by atoms with Crippen LogP contribution in [0, 0.1) is 0 Å². The number of halogens is 1.